The number of nitrogens with one attached hydrogen (secondary N) is 2. The van der Waals surface area contributed by atoms with Crippen molar-refractivity contribution in [3.8, 4) is 0 Å². The van der Waals surface area contributed by atoms with Crippen LogP contribution < -0.4 is 22.2 Å². The van der Waals surface area contributed by atoms with Gasteiger partial charge in [0.15, 0.2) is 5.11 Å². The first-order valence-corrected chi connectivity index (χ1v) is 5.37. The Hall–Kier alpha value is -2.25. The summed E-state index contributed by atoms with van der Waals surface area (Å²) in [6, 6.07) is 8.32. The predicted octanol–water partition coefficient (Wildman–Crippen LogP) is 0.271. The number of para-hydroxylation sites is 1. The molecule has 0 fully saturated rings. The standard InChI is InChI=1S/C11H9N3O3S/c12-14-11(18)13-9(15)7-5-6-3-1-2-4-8(6)17-10(7)16/h1-5H,12H2,(H2,13,14,15,18). The van der Waals surface area contributed by atoms with E-state index in [1.165, 1.54) is 6.07 Å². The van der Waals surface area contributed by atoms with Gasteiger partial charge < -0.3 is 9.84 Å². The van der Waals surface area contributed by atoms with Gasteiger partial charge in [-0.15, -0.1) is 0 Å². The average molecular weight is 263 g/mol. The lowest BCUT2D eigenvalue weighted by molar-refractivity contribution is 0.0973. The van der Waals surface area contributed by atoms with Gasteiger partial charge >= 0.3 is 5.63 Å². The van der Waals surface area contributed by atoms with Gasteiger partial charge in [-0.1, -0.05) is 18.2 Å². The molecule has 0 atom stereocenters. The first-order chi connectivity index (χ1) is 8.61. The summed E-state index contributed by atoms with van der Waals surface area (Å²) in [6.07, 6.45) is 0. The Bertz CT molecular complexity index is 681. The Morgan fingerprint density at radius 1 is 1.33 bits per heavy atom. The Morgan fingerprint density at radius 2 is 2.06 bits per heavy atom. The fourth-order valence-corrected chi connectivity index (χ4v) is 1.52. The van der Waals surface area contributed by atoms with E-state index in [0.717, 1.165) is 0 Å². The van der Waals surface area contributed by atoms with E-state index in [1.807, 2.05) is 0 Å². The molecule has 0 aliphatic carbocycles. The molecule has 0 bridgehead atoms. The lowest BCUT2D eigenvalue weighted by Gasteiger charge is -2.05. The van der Waals surface area contributed by atoms with Crippen LogP contribution in [0.3, 0.4) is 0 Å². The van der Waals surface area contributed by atoms with Gasteiger partial charge in [-0.3, -0.25) is 10.1 Å². The third-order valence-electron chi connectivity index (χ3n) is 2.24. The summed E-state index contributed by atoms with van der Waals surface area (Å²) in [7, 11) is 0. The molecule has 92 valence electrons. The highest BCUT2D eigenvalue weighted by Crippen LogP contribution is 2.12. The fraction of sp³-hybridized carbons (Fsp3) is 0. The minimum Gasteiger partial charge on any atom is -0.422 e. The molecule has 6 nitrogen and oxygen atoms in total. The van der Waals surface area contributed by atoms with Crippen molar-refractivity contribution < 1.29 is 9.21 Å². The molecule has 0 unspecified atom stereocenters. The third-order valence-corrected chi connectivity index (χ3v) is 2.46. The van der Waals surface area contributed by atoms with Crippen LogP contribution in [0.15, 0.2) is 39.5 Å². The molecule has 0 radical (unpaired) electrons. The zero-order chi connectivity index (χ0) is 13.1. The maximum absolute atomic E-state index is 11.7. The van der Waals surface area contributed by atoms with Crippen molar-refractivity contribution in [1.82, 2.24) is 10.7 Å². The van der Waals surface area contributed by atoms with E-state index in [4.69, 9.17) is 10.3 Å². The van der Waals surface area contributed by atoms with Crippen molar-refractivity contribution in [3.63, 3.8) is 0 Å². The number of rotatable bonds is 1. The number of nitrogens with two attached hydrogens (primary N) is 1. The molecular formula is C11H9N3O3S. The second kappa shape index (κ2) is 4.94. The maximum Gasteiger partial charge on any atom is 0.349 e. The molecule has 0 saturated carbocycles. The second-order valence-electron chi connectivity index (χ2n) is 3.41. The van der Waals surface area contributed by atoms with Crippen LogP contribution in [0.1, 0.15) is 10.4 Å². The average Bonchev–Trinajstić information content (AvgIpc) is 2.37. The Kier molecular flexibility index (Phi) is 3.35. The fourth-order valence-electron chi connectivity index (χ4n) is 1.43. The number of thiocarbonyl (C=S) groups is 1. The van der Waals surface area contributed by atoms with Crippen LogP contribution in [-0.2, 0) is 0 Å². The molecule has 18 heavy (non-hydrogen) atoms. The van der Waals surface area contributed by atoms with E-state index in [1.54, 1.807) is 24.3 Å². The summed E-state index contributed by atoms with van der Waals surface area (Å²) < 4.78 is 5.02. The van der Waals surface area contributed by atoms with Crippen LogP contribution in [0.5, 0.6) is 0 Å². The molecule has 0 aliphatic heterocycles. The number of hydrazine groups is 1. The Morgan fingerprint density at radius 3 is 2.78 bits per heavy atom. The number of benzene rings is 1. The van der Waals surface area contributed by atoms with Crippen molar-refractivity contribution >= 4 is 34.2 Å². The van der Waals surface area contributed by atoms with Gasteiger partial charge in [0.25, 0.3) is 5.91 Å². The molecule has 1 aromatic carbocycles. The molecule has 0 saturated heterocycles. The van der Waals surface area contributed by atoms with Gasteiger partial charge in [0.05, 0.1) is 0 Å². The smallest absolute Gasteiger partial charge is 0.349 e. The minimum atomic E-state index is -0.731. The number of fused-ring (bicyclic) bond motifs is 1. The highest BCUT2D eigenvalue weighted by molar-refractivity contribution is 7.80. The Labute approximate surface area is 107 Å². The molecule has 1 amide bonds. The summed E-state index contributed by atoms with van der Waals surface area (Å²) in [5.74, 6) is 4.35. The van der Waals surface area contributed by atoms with E-state index in [9.17, 15) is 9.59 Å². The second-order valence-corrected chi connectivity index (χ2v) is 3.82. The SMILES string of the molecule is NNC(=S)NC(=O)c1cc2ccccc2oc1=O. The molecule has 0 aliphatic rings. The highest BCUT2D eigenvalue weighted by atomic mass is 32.1. The summed E-state index contributed by atoms with van der Waals surface area (Å²) in [4.78, 5) is 23.3. The lowest BCUT2D eigenvalue weighted by atomic mass is 10.2. The van der Waals surface area contributed by atoms with E-state index in [0.29, 0.717) is 11.0 Å². The van der Waals surface area contributed by atoms with Crippen molar-refractivity contribution in [1.29, 1.82) is 0 Å². The van der Waals surface area contributed by atoms with Crippen LogP contribution in [0, 0.1) is 0 Å². The van der Waals surface area contributed by atoms with Gasteiger partial charge in [-0.2, -0.15) is 0 Å². The third kappa shape index (κ3) is 2.36. The minimum absolute atomic E-state index is 0.0763. The normalized spacial score (nSPS) is 10.1. The Balaban J connectivity index is 2.45. The monoisotopic (exact) mass is 263 g/mol. The molecule has 4 N–H and O–H groups in total. The summed E-state index contributed by atoms with van der Waals surface area (Å²) in [5, 5.41) is 2.82. The largest absolute Gasteiger partial charge is 0.422 e. The maximum atomic E-state index is 11.7. The van der Waals surface area contributed by atoms with Crippen molar-refractivity contribution in [2.45, 2.75) is 0 Å². The van der Waals surface area contributed by atoms with Gasteiger partial charge in [0.1, 0.15) is 11.1 Å². The number of hydrogen-bond donors (Lipinski definition) is 3. The topological polar surface area (TPSA) is 97.4 Å². The van der Waals surface area contributed by atoms with Crippen LogP contribution >= 0.6 is 12.2 Å². The molecule has 0 spiro atoms. The van der Waals surface area contributed by atoms with Crippen LogP contribution in [-0.4, -0.2) is 11.0 Å². The first-order valence-electron chi connectivity index (χ1n) is 4.96. The quantitative estimate of drug-likeness (QED) is 0.296. The molecule has 2 aromatic rings. The molecular weight excluding hydrogens is 254 g/mol. The highest BCUT2D eigenvalue weighted by Gasteiger charge is 2.14. The predicted molar refractivity (Wildman–Crippen MR) is 69.9 cm³/mol. The zero-order valence-electron chi connectivity index (χ0n) is 9.10. The van der Waals surface area contributed by atoms with Gasteiger partial charge in [-0.05, 0) is 24.4 Å². The molecule has 7 heteroatoms. The van der Waals surface area contributed by atoms with Crippen molar-refractivity contribution in [2.24, 2.45) is 5.84 Å². The summed E-state index contributed by atoms with van der Waals surface area (Å²) >= 11 is 4.67. The number of carbonyl (C=O) groups is 1. The van der Waals surface area contributed by atoms with E-state index in [2.05, 4.69) is 23.0 Å². The van der Waals surface area contributed by atoms with Crippen LogP contribution in [0.2, 0.25) is 0 Å². The van der Waals surface area contributed by atoms with E-state index < -0.39 is 11.5 Å². The number of hydrogen-bond acceptors (Lipinski definition) is 5. The molecule has 1 aromatic heterocycles. The summed E-state index contributed by atoms with van der Waals surface area (Å²) in [6.45, 7) is 0. The number of carbonyl (C=O) groups excluding carboxylic acids is 1. The van der Waals surface area contributed by atoms with Gasteiger partial charge in [-0.25, -0.2) is 10.6 Å². The van der Waals surface area contributed by atoms with Crippen molar-refractivity contribution in [3.05, 3.63) is 46.3 Å². The van der Waals surface area contributed by atoms with Gasteiger partial charge in [0.2, 0.25) is 0 Å². The van der Waals surface area contributed by atoms with Gasteiger partial charge in [0, 0.05) is 5.39 Å². The number of amides is 1. The van der Waals surface area contributed by atoms with E-state index >= 15 is 0 Å². The summed E-state index contributed by atoms with van der Waals surface area (Å²) in [5.41, 5.74) is 1.64. The zero-order valence-corrected chi connectivity index (χ0v) is 9.91. The van der Waals surface area contributed by atoms with Crippen LogP contribution in [0.25, 0.3) is 11.0 Å². The first kappa shape index (κ1) is 12.2. The molecule has 1 heterocycles. The van der Waals surface area contributed by atoms with Crippen LogP contribution in [0.4, 0.5) is 0 Å². The van der Waals surface area contributed by atoms with Crippen molar-refractivity contribution in [2.75, 3.05) is 0 Å². The molecule has 2 rings (SSSR count). The van der Waals surface area contributed by atoms with E-state index in [-0.39, 0.29) is 10.7 Å². The lowest BCUT2D eigenvalue weighted by Crippen LogP contribution is -2.43.